The van der Waals surface area contributed by atoms with E-state index in [1.54, 1.807) is 6.92 Å². The smallest absolute Gasteiger partial charge is 0.353 e. The van der Waals surface area contributed by atoms with Crippen molar-refractivity contribution in [3.63, 3.8) is 0 Å². The highest BCUT2D eigenvalue weighted by atomic mass is 19.4. The summed E-state index contributed by atoms with van der Waals surface area (Å²) in [5.41, 5.74) is 0.542. The fourth-order valence-corrected chi connectivity index (χ4v) is 5.78. The fourth-order valence-electron chi connectivity index (χ4n) is 5.78. The Labute approximate surface area is 273 Å². The number of urea groups is 1. The van der Waals surface area contributed by atoms with Gasteiger partial charge in [0.05, 0.1) is 18.3 Å². The third-order valence-corrected chi connectivity index (χ3v) is 8.20. The number of aryl methyl sites for hydroxylation is 1. The highest BCUT2D eigenvalue weighted by molar-refractivity contribution is 6.02. The molecule has 2 aliphatic heterocycles. The van der Waals surface area contributed by atoms with E-state index in [1.807, 2.05) is 6.92 Å². The Morgan fingerprint density at radius 1 is 1.15 bits per heavy atom. The maximum absolute atomic E-state index is 15.1. The summed E-state index contributed by atoms with van der Waals surface area (Å²) in [7, 11) is 0. The number of anilines is 3. The van der Waals surface area contributed by atoms with Crippen LogP contribution in [0.25, 0.3) is 11.3 Å². The van der Waals surface area contributed by atoms with Crippen LogP contribution in [0.3, 0.4) is 0 Å². The molecule has 3 aromatic rings. The molecule has 0 saturated carbocycles. The molecule has 48 heavy (non-hydrogen) atoms. The molecule has 0 bridgehead atoms. The third-order valence-electron chi connectivity index (χ3n) is 8.20. The van der Waals surface area contributed by atoms with Gasteiger partial charge >= 0.3 is 18.2 Å². The van der Waals surface area contributed by atoms with Crippen molar-refractivity contribution in [3.8, 4) is 11.3 Å². The van der Waals surface area contributed by atoms with E-state index < -0.39 is 47.4 Å². The number of halogens is 5. The van der Waals surface area contributed by atoms with Crippen LogP contribution in [0.15, 0.2) is 36.4 Å². The number of hydroxylamine groups is 2. The summed E-state index contributed by atoms with van der Waals surface area (Å²) in [5, 5.41) is 6.13. The van der Waals surface area contributed by atoms with Gasteiger partial charge in [0.15, 0.2) is 5.82 Å². The first-order valence-corrected chi connectivity index (χ1v) is 15.4. The maximum atomic E-state index is 15.1. The van der Waals surface area contributed by atoms with Crippen molar-refractivity contribution in [3.05, 3.63) is 64.7 Å². The van der Waals surface area contributed by atoms with Crippen molar-refractivity contribution in [2.75, 3.05) is 29.9 Å². The van der Waals surface area contributed by atoms with Crippen molar-refractivity contribution in [2.24, 2.45) is 0 Å². The second-order valence-electron chi connectivity index (χ2n) is 11.7. The molecule has 0 radical (unpaired) electrons. The Kier molecular flexibility index (Phi) is 9.84. The van der Waals surface area contributed by atoms with E-state index in [0.29, 0.717) is 22.7 Å². The van der Waals surface area contributed by atoms with Crippen molar-refractivity contribution >= 4 is 35.4 Å². The number of likely N-dealkylation sites (tertiary alicyclic amines) is 1. The number of hydrogen-bond donors (Lipinski definition) is 2. The van der Waals surface area contributed by atoms with Gasteiger partial charge in [0.1, 0.15) is 17.3 Å². The van der Waals surface area contributed by atoms with Gasteiger partial charge in [-0.1, -0.05) is 19.1 Å². The number of nitrogens with one attached hydrogen (secondary N) is 2. The van der Waals surface area contributed by atoms with E-state index in [0.717, 1.165) is 49.0 Å². The minimum Gasteiger partial charge on any atom is -0.353 e. The number of carbonyl (C=O) groups is 3. The molecule has 1 fully saturated rings. The highest BCUT2D eigenvalue weighted by Crippen LogP contribution is 2.39. The molecule has 0 spiro atoms. The Hall–Kier alpha value is -4.86. The van der Waals surface area contributed by atoms with Crippen LogP contribution < -0.4 is 15.5 Å². The van der Waals surface area contributed by atoms with Gasteiger partial charge in [-0.25, -0.2) is 28.3 Å². The topological polar surface area (TPSA) is 120 Å². The number of carbonyl (C=O) groups excluding carboxylic acids is 3. The minimum atomic E-state index is -5.34. The van der Waals surface area contributed by atoms with E-state index in [-0.39, 0.29) is 41.2 Å². The van der Waals surface area contributed by atoms with E-state index in [2.05, 4.69) is 25.4 Å². The van der Waals surface area contributed by atoms with Crippen LogP contribution in [0.4, 0.5) is 44.2 Å². The molecule has 256 valence electrons. The van der Waals surface area contributed by atoms with Crippen molar-refractivity contribution in [1.82, 2.24) is 25.2 Å². The predicted molar refractivity (Wildman–Crippen MR) is 165 cm³/mol. The lowest BCUT2D eigenvalue weighted by Crippen LogP contribution is -2.43. The van der Waals surface area contributed by atoms with Crippen molar-refractivity contribution in [2.45, 2.75) is 65.3 Å². The SMILES string of the molecule is CCN1CCCC1CNc1nc(-c2cc(C(=O)N(OC(=O)C(F)(F)F)C(C)C)ccc2C)c2c(n1)N(c1c(F)cccc1F)C(=O)NC2. The molecule has 3 amide bonds. The second kappa shape index (κ2) is 13.7. The number of alkyl halides is 3. The normalized spacial score (nSPS) is 16.5. The summed E-state index contributed by atoms with van der Waals surface area (Å²) in [6.45, 7) is 8.52. The molecule has 1 unspecified atom stereocenters. The summed E-state index contributed by atoms with van der Waals surface area (Å²) in [6, 6.07) is 5.77. The van der Waals surface area contributed by atoms with Gasteiger partial charge in [-0.15, -0.1) is 0 Å². The zero-order chi connectivity index (χ0) is 34.9. The van der Waals surface area contributed by atoms with Gasteiger partial charge in [-0.2, -0.15) is 23.2 Å². The molecule has 2 aliphatic rings. The molecular formula is C32H34F5N7O4. The summed E-state index contributed by atoms with van der Waals surface area (Å²) >= 11 is 0. The minimum absolute atomic E-state index is 0.0437. The van der Waals surface area contributed by atoms with Crippen LogP contribution in [0, 0.1) is 18.6 Å². The molecule has 3 heterocycles. The lowest BCUT2D eigenvalue weighted by atomic mass is 9.97. The first-order chi connectivity index (χ1) is 22.7. The van der Waals surface area contributed by atoms with E-state index in [1.165, 1.54) is 32.0 Å². The largest absolute Gasteiger partial charge is 0.493 e. The summed E-state index contributed by atoms with van der Waals surface area (Å²) < 4.78 is 69.2. The van der Waals surface area contributed by atoms with Crippen LogP contribution >= 0.6 is 0 Å². The summed E-state index contributed by atoms with van der Waals surface area (Å²) in [4.78, 5) is 55.0. The lowest BCUT2D eigenvalue weighted by molar-refractivity contribution is -0.232. The number of amides is 3. The molecule has 5 rings (SSSR count). The maximum Gasteiger partial charge on any atom is 0.493 e. The molecule has 16 heteroatoms. The first-order valence-electron chi connectivity index (χ1n) is 15.4. The quantitative estimate of drug-likeness (QED) is 0.225. The van der Waals surface area contributed by atoms with Crippen LogP contribution in [0.2, 0.25) is 0 Å². The molecule has 0 aliphatic carbocycles. The van der Waals surface area contributed by atoms with Crippen molar-refractivity contribution in [1.29, 1.82) is 0 Å². The zero-order valence-electron chi connectivity index (χ0n) is 26.6. The standard InChI is InChI=1S/C32H34F5N7O4/c1-5-42-13-7-8-20(42)15-38-30-40-25(22-16-39-31(47)43(27(22)41-30)26-23(33)9-6-10-24(26)34)21-14-19(12-11-18(21)4)28(45)44(17(2)3)48-29(46)32(35,36)37/h6,9-12,14,17,20H,5,7-8,13,15-16H2,1-4H3,(H,39,47)(H,38,40,41). The number of aromatic nitrogens is 2. The Morgan fingerprint density at radius 2 is 1.85 bits per heavy atom. The predicted octanol–water partition coefficient (Wildman–Crippen LogP) is 5.86. The molecule has 11 nitrogen and oxygen atoms in total. The second-order valence-corrected chi connectivity index (χ2v) is 11.7. The van der Waals surface area contributed by atoms with Gasteiger partial charge in [-0.05, 0) is 76.5 Å². The van der Waals surface area contributed by atoms with Gasteiger partial charge in [-0.3, -0.25) is 9.69 Å². The fraction of sp³-hybridized carbons (Fsp3) is 0.406. The van der Waals surface area contributed by atoms with E-state index >= 15 is 8.78 Å². The Morgan fingerprint density at radius 3 is 2.50 bits per heavy atom. The Balaban J connectivity index is 1.63. The number of hydrogen-bond acceptors (Lipinski definition) is 8. The van der Waals surface area contributed by atoms with Crippen LogP contribution in [-0.2, 0) is 16.2 Å². The highest BCUT2D eigenvalue weighted by Gasteiger charge is 2.44. The molecule has 2 aromatic carbocycles. The number of nitrogens with zero attached hydrogens (tertiary/aromatic N) is 5. The van der Waals surface area contributed by atoms with Crippen LogP contribution in [-0.4, -0.2) is 75.7 Å². The lowest BCUT2D eigenvalue weighted by Gasteiger charge is -2.31. The third kappa shape index (κ3) is 6.88. The number of rotatable bonds is 8. The monoisotopic (exact) mass is 675 g/mol. The average Bonchev–Trinajstić information content (AvgIpc) is 3.50. The Bertz CT molecular complexity index is 1720. The van der Waals surface area contributed by atoms with Gasteiger partial charge < -0.3 is 15.5 Å². The van der Waals surface area contributed by atoms with E-state index in [9.17, 15) is 27.6 Å². The molecular weight excluding hydrogens is 641 g/mol. The number of benzene rings is 2. The van der Waals surface area contributed by atoms with Crippen LogP contribution in [0.5, 0.6) is 0 Å². The van der Waals surface area contributed by atoms with Gasteiger partial charge in [0.2, 0.25) is 5.95 Å². The van der Waals surface area contributed by atoms with Crippen molar-refractivity contribution < 1.29 is 41.2 Å². The first kappa shape index (κ1) is 34.5. The van der Waals surface area contributed by atoms with Gasteiger partial charge in [0.25, 0.3) is 5.91 Å². The number of para-hydroxylation sites is 1. The molecule has 1 saturated heterocycles. The molecule has 1 aromatic heterocycles. The van der Waals surface area contributed by atoms with Gasteiger partial charge in [0, 0.05) is 29.3 Å². The number of fused-ring (bicyclic) bond motifs is 1. The number of likely N-dealkylation sites (N-methyl/N-ethyl adjacent to an activating group) is 1. The zero-order valence-corrected chi connectivity index (χ0v) is 26.6. The van der Waals surface area contributed by atoms with E-state index in [4.69, 9.17) is 4.98 Å². The summed E-state index contributed by atoms with van der Waals surface area (Å²) in [6.07, 6.45) is -3.42. The summed E-state index contributed by atoms with van der Waals surface area (Å²) in [5.74, 6) is -5.67. The van der Waals surface area contributed by atoms with Crippen LogP contribution in [0.1, 0.15) is 55.1 Å². The average molecular weight is 676 g/mol. The molecule has 1 atom stereocenters. The molecule has 2 N–H and O–H groups in total.